The normalized spacial score (nSPS) is 11.4. The molecule has 0 aliphatic heterocycles. The first-order valence-corrected chi connectivity index (χ1v) is 11.9. The quantitative estimate of drug-likeness (QED) is 0.407. The monoisotopic (exact) mass is 484 g/mol. The molecule has 0 amide bonds. The highest BCUT2D eigenvalue weighted by atomic mass is 127. The van der Waals surface area contributed by atoms with Crippen molar-refractivity contribution in [2.24, 2.45) is 0 Å². The van der Waals surface area contributed by atoms with Crippen molar-refractivity contribution in [3.8, 4) is 0 Å². The Bertz CT molecular complexity index is 953. The zero-order valence-electron chi connectivity index (χ0n) is 13.4. The lowest BCUT2D eigenvalue weighted by atomic mass is 10.3. The van der Waals surface area contributed by atoms with E-state index in [1.807, 2.05) is 60.7 Å². The maximum Gasteiger partial charge on any atom is 0.336 e. The van der Waals surface area contributed by atoms with Crippen molar-refractivity contribution < 1.29 is 41.3 Å². The first kappa shape index (κ1) is 18.5. The van der Waals surface area contributed by atoms with E-state index in [1.165, 1.54) is 24.3 Å². The Labute approximate surface area is 158 Å². The van der Waals surface area contributed by atoms with E-state index in [1.54, 1.807) is 0 Å². The lowest BCUT2D eigenvalue weighted by Gasteiger charge is -2.05. The lowest BCUT2D eigenvalue weighted by Crippen LogP contribution is -3.85. The molecule has 26 heavy (non-hydrogen) atoms. The smallest absolute Gasteiger partial charge is 0.241 e. The van der Waals surface area contributed by atoms with Crippen LogP contribution >= 0.6 is 0 Å². The second-order valence-electron chi connectivity index (χ2n) is 5.12. The van der Waals surface area contributed by atoms with E-state index in [-0.39, 0.29) is 15.5 Å². The van der Waals surface area contributed by atoms with Crippen LogP contribution < -0.4 is 20.2 Å². The van der Waals surface area contributed by atoms with Gasteiger partial charge >= 0.3 is 36.0 Å². The van der Waals surface area contributed by atoms with Crippen LogP contribution in [0.3, 0.4) is 0 Å². The molecule has 0 aliphatic carbocycles. The van der Waals surface area contributed by atoms with Crippen molar-refractivity contribution in [1.29, 1.82) is 0 Å². The molecular formula is C18H15INO5S+2. The Kier molecular flexibility index (Phi) is 5.64. The summed E-state index contributed by atoms with van der Waals surface area (Å²) in [6, 6.07) is 23.4. The fraction of sp³-hybridized carbons (Fsp3) is 0. The molecule has 6 nitrogen and oxygen atoms in total. The molecule has 133 valence electrons. The fourth-order valence-electron chi connectivity index (χ4n) is 2.12. The van der Waals surface area contributed by atoms with E-state index >= 15 is 0 Å². The Morgan fingerprint density at radius 2 is 1.23 bits per heavy atom. The standard InChI is InChI=1S/C18H15INO5S/c21-20(22)17-11-13-18(14-12-17)26(23,24)25-19(15-7-3-1-4-8-15)16-9-5-2-6-10-16/h1-14H,(H,21,22)/q+2. The van der Waals surface area contributed by atoms with Crippen LogP contribution in [-0.4, -0.2) is 18.5 Å². The molecule has 0 spiro atoms. The maximum absolute atomic E-state index is 12.7. The molecule has 0 atom stereocenters. The fourth-order valence-corrected chi connectivity index (χ4v) is 9.11. The van der Waals surface area contributed by atoms with Crippen LogP contribution in [0.15, 0.2) is 89.8 Å². The highest BCUT2D eigenvalue weighted by molar-refractivity contribution is 7.86. The maximum atomic E-state index is 12.7. The van der Waals surface area contributed by atoms with Crippen molar-refractivity contribution in [2.75, 3.05) is 0 Å². The van der Waals surface area contributed by atoms with Gasteiger partial charge in [0, 0.05) is 12.1 Å². The average Bonchev–Trinajstić information content (AvgIpc) is 2.67. The minimum absolute atomic E-state index is 0.0644. The summed E-state index contributed by atoms with van der Waals surface area (Å²) in [5, 5.41) is 8.86. The van der Waals surface area contributed by atoms with Gasteiger partial charge in [-0.25, -0.2) is 5.21 Å². The number of benzene rings is 3. The van der Waals surface area contributed by atoms with Crippen molar-refractivity contribution in [3.63, 3.8) is 0 Å². The van der Waals surface area contributed by atoms with Gasteiger partial charge in [-0.2, -0.15) is 8.42 Å². The van der Waals surface area contributed by atoms with Gasteiger partial charge in [0.2, 0.25) is 0 Å². The summed E-state index contributed by atoms with van der Waals surface area (Å²) in [6.07, 6.45) is 0. The van der Waals surface area contributed by atoms with Gasteiger partial charge in [0.05, 0.1) is 9.80 Å². The first-order valence-electron chi connectivity index (χ1n) is 7.49. The van der Waals surface area contributed by atoms with Gasteiger partial charge in [-0.05, 0) is 38.9 Å². The number of rotatable bonds is 6. The van der Waals surface area contributed by atoms with Gasteiger partial charge in [-0.1, -0.05) is 36.4 Å². The molecule has 0 fully saturated rings. The van der Waals surface area contributed by atoms with Gasteiger partial charge < -0.3 is 0 Å². The molecule has 3 rings (SSSR count). The van der Waals surface area contributed by atoms with E-state index in [0.29, 0.717) is 0 Å². The van der Waals surface area contributed by atoms with E-state index in [4.69, 9.17) is 7.72 Å². The Morgan fingerprint density at radius 3 is 1.65 bits per heavy atom. The largest absolute Gasteiger partial charge is 0.336 e. The third-order valence-corrected chi connectivity index (χ3v) is 10.7. The second-order valence-corrected chi connectivity index (χ2v) is 11.6. The lowest BCUT2D eigenvalue weighted by molar-refractivity contribution is -1.03. The van der Waals surface area contributed by atoms with Crippen LogP contribution in [0.5, 0.6) is 0 Å². The summed E-state index contributed by atoms with van der Waals surface area (Å²) in [6.45, 7) is 0. The van der Waals surface area contributed by atoms with Gasteiger partial charge in [-0.3, -0.25) is 0 Å². The summed E-state index contributed by atoms with van der Waals surface area (Å²) in [7, 11) is -4.03. The van der Waals surface area contributed by atoms with Crippen LogP contribution in [0.25, 0.3) is 0 Å². The molecule has 0 unspecified atom stereocenters. The number of hydrogen-bond acceptors (Lipinski definition) is 4. The molecule has 8 heteroatoms. The minimum Gasteiger partial charge on any atom is -0.241 e. The van der Waals surface area contributed by atoms with Crippen LogP contribution in [0.2, 0.25) is 0 Å². The molecule has 0 aliphatic rings. The Hall–Kier alpha value is -2.30. The summed E-state index contributed by atoms with van der Waals surface area (Å²) < 4.78 is 32.8. The van der Waals surface area contributed by atoms with E-state index in [9.17, 15) is 13.3 Å². The minimum atomic E-state index is -4.03. The number of halogens is 1. The van der Waals surface area contributed by atoms with E-state index in [2.05, 4.69) is 0 Å². The molecule has 0 saturated heterocycles. The van der Waals surface area contributed by atoms with Crippen molar-refractivity contribution in [1.82, 2.24) is 0 Å². The molecule has 0 bridgehead atoms. The zero-order chi connectivity index (χ0) is 18.6. The molecule has 1 N–H and O–H groups in total. The number of hydrogen-bond donors (Lipinski definition) is 1. The predicted molar refractivity (Wildman–Crippen MR) is 90.1 cm³/mol. The van der Waals surface area contributed by atoms with Crippen LogP contribution in [0.4, 0.5) is 5.69 Å². The van der Waals surface area contributed by atoms with Crippen molar-refractivity contribution >= 4 is 15.8 Å². The highest BCUT2D eigenvalue weighted by Gasteiger charge is 2.37. The van der Waals surface area contributed by atoms with E-state index in [0.717, 1.165) is 7.14 Å². The molecule has 0 saturated carbocycles. The first-order chi connectivity index (χ1) is 12.5. The van der Waals surface area contributed by atoms with Crippen LogP contribution in [0.1, 0.15) is 0 Å². The van der Waals surface area contributed by atoms with Crippen molar-refractivity contribution in [3.05, 3.63) is 97.0 Å². The third-order valence-electron chi connectivity index (χ3n) is 3.35. The molecule has 3 aromatic rings. The SMILES string of the molecule is O=[N+](O)c1ccc(S(=O)(=O)O[I+](c2ccccc2)c2ccccc2)cc1. The summed E-state index contributed by atoms with van der Waals surface area (Å²) in [5.41, 5.74) is -0.0644. The Balaban J connectivity index is 1.97. The van der Waals surface area contributed by atoms with Gasteiger partial charge in [0.1, 0.15) is 0 Å². The molecule has 3 aromatic carbocycles. The van der Waals surface area contributed by atoms with Crippen LogP contribution in [-0.2, 0) is 12.6 Å². The molecular weight excluding hydrogens is 469 g/mol. The molecule has 1 radical (unpaired) electrons. The van der Waals surface area contributed by atoms with Gasteiger partial charge in [0.25, 0.3) is 4.92 Å². The van der Waals surface area contributed by atoms with Gasteiger partial charge in [-0.15, -0.1) is 0 Å². The average molecular weight is 484 g/mol. The summed E-state index contributed by atoms with van der Waals surface area (Å²) >= 11 is -2.70. The number of nitrogens with zero attached hydrogens (tertiary/aromatic N) is 1. The zero-order valence-corrected chi connectivity index (χ0v) is 16.4. The van der Waals surface area contributed by atoms with Crippen LogP contribution in [0, 0.1) is 12.0 Å². The van der Waals surface area contributed by atoms with Crippen molar-refractivity contribution in [2.45, 2.75) is 4.90 Å². The summed E-state index contributed by atoms with van der Waals surface area (Å²) in [4.78, 5) is 10.5. The highest BCUT2D eigenvalue weighted by Crippen LogP contribution is 2.15. The predicted octanol–water partition coefficient (Wildman–Crippen LogP) is 0.471. The van der Waals surface area contributed by atoms with Gasteiger partial charge in [0.15, 0.2) is 7.14 Å². The Morgan fingerprint density at radius 1 is 0.769 bits per heavy atom. The third kappa shape index (κ3) is 4.26. The molecule has 0 heterocycles. The summed E-state index contributed by atoms with van der Waals surface area (Å²) in [5.74, 6) is 0. The second kappa shape index (κ2) is 7.94. The van der Waals surface area contributed by atoms with E-state index < -0.39 is 30.4 Å². The topological polar surface area (TPSA) is 83.7 Å². The molecule has 0 aromatic heterocycles.